The van der Waals surface area contributed by atoms with Gasteiger partial charge in [0.25, 0.3) is 0 Å². The lowest BCUT2D eigenvalue weighted by atomic mass is 9.96. The molecule has 1 aliphatic rings. The number of hydrogen-bond donors (Lipinski definition) is 6. The van der Waals surface area contributed by atoms with Gasteiger partial charge < -0.3 is 35.4 Å². The van der Waals surface area contributed by atoms with Crippen LogP contribution in [-0.4, -0.2) is 79.3 Å². The van der Waals surface area contributed by atoms with E-state index in [2.05, 4.69) is 6.92 Å². The van der Waals surface area contributed by atoms with Crippen molar-refractivity contribution in [3.05, 3.63) is 11.6 Å². The van der Waals surface area contributed by atoms with Gasteiger partial charge in [0.15, 0.2) is 0 Å². The van der Waals surface area contributed by atoms with Crippen LogP contribution in [-0.2, 0) is 9.53 Å². The fourth-order valence-corrected chi connectivity index (χ4v) is 5.90. The Morgan fingerprint density at radius 3 is 1.42 bits per heavy atom. The van der Waals surface area contributed by atoms with Gasteiger partial charge in [0.05, 0.1) is 36.6 Å². The highest BCUT2D eigenvalue weighted by Gasteiger charge is 2.24. The van der Waals surface area contributed by atoms with Crippen LogP contribution < -0.4 is 0 Å². The van der Waals surface area contributed by atoms with E-state index in [0.717, 1.165) is 38.5 Å². The number of cyclic esters (lactones) is 1. The van der Waals surface area contributed by atoms with Gasteiger partial charge in [-0.15, -0.1) is 0 Å². The second-order valence-corrected chi connectivity index (χ2v) is 13.1. The molecule has 6 N–H and O–H groups in total. The summed E-state index contributed by atoms with van der Waals surface area (Å²) in [5.41, 5.74) is 0.555. The molecule has 0 fully saturated rings. The van der Waals surface area contributed by atoms with E-state index in [1.165, 1.54) is 51.4 Å². The Morgan fingerprint density at radius 1 is 0.558 bits per heavy atom. The summed E-state index contributed by atoms with van der Waals surface area (Å²) in [6.07, 6.45) is 17.2. The zero-order valence-electron chi connectivity index (χ0n) is 27.4. The van der Waals surface area contributed by atoms with Crippen LogP contribution in [0.5, 0.6) is 0 Å². The smallest absolute Gasteiger partial charge is 0.334 e. The van der Waals surface area contributed by atoms with Gasteiger partial charge in [-0.25, -0.2) is 4.79 Å². The molecule has 0 bridgehead atoms. The Bertz CT molecular complexity index is 714. The van der Waals surface area contributed by atoms with E-state index < -0.39 is 36.6 Å². The number of rotatable bonds is 29. The van der Waals surface area contributed by atoms with E-state index in [1.807, 2.05) is 0 Å². The lowest BCUT2D eigenvalue weighted by Gasteiger charge is -2.22. The minimum Gasteiger partial charge on any atom is -0.455 e. The topological polar surface area (TPSA) is 148 Å². The first-order chi connectivity index (χ1) is 20.6. The number of aliphatic hydroxyl groups is 6. The SMILES string of the molecule is CCCCCCCCCCCC[C@H](O)[C@H](O)CC[C@@H](O)[C@H](O)CCCC[C@@H](O)CCCCC[C@@H](O)CC1=C[C@H](C)OC1=O. The second kappa shape index (κ2) is 25.2. The van der Waals surface area contributed by atoms with Crippen LogP contribution in [0.1, 0.15) is 162 Å². The van der Waals surface area contributed by atoms with Gasteiger partial charge in [-0.1, -0.05) is 103 Å². The monoisotopic (exact) mass is 614 g/mol. The first-order valence-corrected chi connectivity index (χ1v) is 17.6. The maximum Gasteiger partial charge on any atom is 0.334 e. The minimum atomic E-state index is -0.932. The second-order valence-electron chi connectivity index (χ2n) is 13.1. The molecular weight excluding hydrogens is 548 g/mol. The predicted octanol–water partition coefficient (Wildman–Crippen LogP) is 6.02. The molecule has 0 aromatic rings. The van der Waals surface area contributed by atoms with Crippen LogP contribution in [0.3, 0.4) is 0 Å². The van der Waals surface area contributed by atoms with Crippen LogP contribution in [0.25, 0.3) is 0 Å². The lowest BCUT2D eigenvalue weighted by Crippen LogP contribution is -2.31. The molecule has 8 nitrogen and oxygen atoms in total. The number of unbranched alkanes of at least 4 members (excludes halogenated alkanes) is 12. The third-order valence-corrected chi connectivity index (χ3v) is 8.81. The van der Waals surface area contributed by atoms with Crippen molar-refractivity contribution in [2.45, 2.75) is 204 Å². The number of carbonyl (C=O) groups is 1. The third kappa shape index (κ3) is 20.6. The summed E-state index contributed by atoms with van der Waals surface area (Å²) < 4.78 is 5.05. The summed E-state index contributed by atoms with van der Waals surface area (Å²) in [6, 6.07) is 0. The van der Waals surface area contributed by atoms with Crippen molar-refractivity contribution in [3.8, 4) is 0 Å². The number of aliphatic hydroxyl groups excluding tert-OH is 6. The molecule has 254 valence electrons. The van der Waals surface area contributed by atoms with Gasteiger partial charge in [0.2, 0.25) is 0 Å². The van der Waals surface area contributed by atoms with Crippen LogP contribution in [0.2, 0.25) is 0 Å². The van der Waals surface area contributed by atoms with Crippen molar-refractivity contribution in [1.29, 1.82) is 0 Å². The average Bonchev–Trinajstić information content (AvgIpc) is 3.29. The molecule has 0 radical (unpaired) electrons. The number of ether oxygens (including phenoxy) is 1. The molecule has 8 heteroatoms. The Hall–Kier alpha value is -1.03. The van der Waals surface area contributed by atoms with Crippen molar-refractivity contribution in [3.63, 3.8) is 0 Å². The Morgan fingerprint density at radius 2 is 0.930 bits per heavy atom. The van der Waals surface area contributed by atoms with E-state index >= 15 is 0 Å². The molecule has 43 heavy (non-hydrogen) atoms. The Balaban J connectivity index is 1.99. The molecule has 7 atom stereocenters. The largest absolute Gasteiger partial charge is 0.455 e. The van der Waals surface area contributed by atoms with Crippen molar-refractivity contribution in [2.75, 3.05) is 0 Å². The fraction of sp³-hybridized carbons (Fsp3) is 0.914. The van der Waals surface area contributed by atoms with Gasteiger partial charge in [-0.05, 0) is 57.9 Å². The van der Waals surface area contributed by atoms with Gasteiger partial charge in [0.1, 0.15) is 6.10 Å². The van der Waals surface area contributed by atoms with Crippen molar-refractivity contribution >= 4 is 5.97 Å². The van der Waals surface area contributed by atoms with Crippen LogP contribution in [0.4, 0.5) is 0 Å². The summed E-state index contributed by atoms with van der Waals surface area (Å²) in [5, 5.41) is 61.5. The fourth-order valence-electron chi connectivity index (χ4n) is 5.90. The van der Waals surface area contributed by atoms with Crippen molar-refractivity contribution < 1.29 is 40.2 Å². The van der Waals surface area contributed by atoms with Crippen molar-refractivity contribution in [2.24, 2.45) is 0 Å². The maximum atomic E-state index is 11.6. The maximum absolute atomic E-state index is 11.6. The van der Waals surface area contributed by atoms with E-state index in [-0.39, 0.29) is 24.9 Å². The van der Waals surface area contributed by atoms with Gasteiger partial charge in [0, 0.05) is 12.0 Å². The molecule has 0 aliphatic carbocycles. The van der Waals surface area contributed by atoms with Crippen LogP contribution in [0.15, 0.2) is 11.6 Å². The van der Waals surface area contributed by atoms with Crippen molar-refractivity contribution in [1.82, 2.24) is 0 Å². The summed E-state index contributed by atoms with van der Waals surface area (Å²) in [7, 11) is 0. The molecule has 0 saturated heterocycles. The van der Waals surface area contributed by atoms with Gasteiger partial charge >= 0.3 is 5.97 Å². The zero-order chi connectivity index (χ0) is 31.9. The quantitative estimate of drug-likeness (QED) is 0.0443. The average molecular weight is 615 g/mol. The normalized spacial score (nSPS) is 19.5. The molecule has 0 amide bonds. The molecule has 0 saturated carbocycles. The van der Waals surface area contributed by atoms with E-state index in [0.29, 0.717) is 50.5 Å². The first-order valence-electron chi connectivity index (χ1n) is 17.6. The summed E-state index contributed by atoms with van der Waals surface area (Å²) in [6.45, 7) is 4.03. The van der Waals surface area contributed by atoms with E-state index in [9.17, 15) is 35.4 Å². The molecule has 0 aromatic heterocycles. The zero-order valence-corrected chi connectivity index (χ0v) is 27.4. The first kappa shape index (κ1) is 40.0. The van der Waals surface area contributed by atoms with Crippen LogP contribution >= 0.6 is 0 Å². The Labute approximate surface area is 261 Å². The molecule has 1 aliphatic heterocycles. The number of esters is 1. The summed E-state index contributed by atoms with van der Waals surface area (Å²) in [4.78, 5) is 11.6. The predicted molar refractivity (Wildman–Crippen MR) is 172 cm³/mol. The van der Waals surface area contributed by atoms with E-state index in [1.54, 1.807) is 13.0 Å². The molecular formula is C35H66O8. The summed E-state index contributed by atoms with van der Waals surface area (Å²) >= 11 is 0. The lowest BCUT2D eigenvalue weighted by molar-refractivity contribution is -0.139. The highest BCUT2D eigenvalue weighted by atomic mass is 16.5. The van der Waals surface area contributed by atoms with Gasteiger partial charge in [-0.2, -0.15) is 0 Å². The van der Waals surface area contributed by atoms with Crippen LogP contribution in [0, 0.1) is 0 Å². The summed E-state index contributed by atoms with van der Waals surface area (Å²) in [5.74, 6) is -0.333. The molecule has 0 unspecified atom stereocenters. The Kier molecular flexibility index (Phi) is 23.4. The molecule has 1 heterocycles. The standard InChI is InChI=1S/C35H66O8/c1-3-4-5-6-7-8-9-10-11-15-21-31(38)33(40)23-24-34(41)32(39)22-17-16-19-29(36)18-13-12-14-20-30(37)26-28-25-27(2)43-35(28)42/h25,27,29-34,36-41H,3-24,26H2,1-2H3/t27-,29-,30+,31-,32+,33+,34+/m0/s1. The molecule has 0 spiro atoms. The highest BCUT2D eigenvalue weighted by molar-refractivity contribution is 5.90. The minimum absolute atomic E-state index is 0.215. The third-order valence-electron chi connectivity index (χ3n) is 8.81. The molecule has 1 rings (SSSR count). The van der Waals surface area contributed by atoms with E-state index in [4.69, 9.17) is 4.74 Å². The van der Waals surface area contributed by atoms with Gasteiger partial charge in [-0.3, -0.25) is 0 Å². The molecule has 0 aromatic carbocycles. The number of carbonyl (C=O) groups excluding carboxylic acids is 1. The number of hydrogen-bond acceptors (Lipinski definition) is 8. The highest BCUT2D eigenvalue weighted by Crippen LogP contribution is 2.21.